The van der Waals surface area contributed by atoms with Gasteiger partial charge in [-0.15, -0.1) is 0 Å². The molecule has 0 amide bonds. The van der Waals surface area contributed by atoms with E-state index in [0.717, 1.165) is 0 Å². The number of carboxylic acids is 1. The molecule has 0 radical (unpaired) electrons. The van der Waals surface area contributed by atoms with Crippen LogP contribution in [0.4, 0.5) is 5.69 Å². The molecule has 0 spiro atoms. The van der Waals surface area contributed by atoms with Gasteiger partial charge in [-0.1, -0.05) is 11.6 Å². The molecule has 2 N–H and O–H groups in total. The first-order valence-electron chi connectivity index (χ1n) is 3.29. The molecule has 12 heavy (non-hydrogen) atoms. The van der Waals surface area contributed by atoms with Crippen molar-refractivity contribution >= 4 is 23.3 Å². The smallest absolute Gasteiger partial charge is 0.0715 e. The number of nitrogens with two attached hydrogens (primary N) is 1. The van der Waals surface area contributed by atoms with Crippen molar-refractivity contribution in [3.63, 3.8) is 0 Å². The van der Waals surface area contributed by atoms with Crippen molar-refractivity contribution in [2.75, 3.05) is 5.73 Å². The molecule has 0 bridgehead atoms. The zero-order valence-electron chi connectivity index (χ0n) is 6.43. The van der Waals surface area contributed by atoms with Gasteiger partial charge in [0, 0.05) is 0 Å². The maximum atomic E-state index is 10.4. The zero-order chi connectivity index (χ0) is 9.30. The molecule has 0 aromatic heterocycles. The highest BCUT2D eigenvalue weighted by atomic mass is 35.5. The molecule has 4 heteroatoms. The Morgan fingerprint density at radius 3 is 2.58 bits per heavy atom. The molecule has 0 aliphatic heterocycles. The average Bonchev–Trinajstić information content (AvgIpc) is 1.99. The lowest BCUT2D eigenvalue weighted by molar-refractivity contribution is -0.255. The Hall–Kier alpha value is -1.22. The second kappa shape index (κ2) is 3.03. The van der Waals surface area contributed by atoms with E-state index in [9.17, 15) is 9.90 Å². The molecular formula is C8H7ClNO2-. The molecule has 0 heterocycles. The number of nitrogen functional groups attached to an aromatic ring is 1. The van der Waals surface area contributed by atoms with Crippen LogP contribution in [0.15, 0.2) is 12.1 Å². The summed E-state index contributed by atoms with van der Waals surface area (Å²) < 4.78 is 0. The first-order chi connectivity index (χ1) is 5.52. The van der Waals surface area contributed by atoms with Crippen LogP contribution in [-0.2, 0) is 0 Å². The number of aryl methyl sites for hydroxylation is 1. The van der Waals surface area contributed by atoms with Gasteiger partial charge >= 0.3 is 0 Å². The molecule has 0 saturated heterocycles. The number of hydrogen-bond donors (Lipinski definition) is 1. The molecule has 0 aliphatic carbocycles. The van der Waals surface area contributed by atoms with Gasteiger partial charge in [0.25, 0.3) is 0 Å². The van der Waals surface area contributed by atoms with E-state index in [0.29, 0.717) is 11.3 Å². The highest BCUT2D eigenvalue weighted by Crippen LogP contribution is 2.23. The number of halogens is 1. The molecule has 0 fully saturated rings. The summed E-state index contributed by atoms with van der Waals surface area (Å²) >= 11 is 5.65. The van der Waals surface area contributed by atoms with E-state index in [1.54, 1.807) is 6.92 Å². The van der Waals surface area contributed by atoms with Gasteiger partial charge < -0.3 is 15.6 Å². The maximum Gasteiger partial charge on any atom is 0.0715 e. The number of rotatable bonds is 1. The summed E-state index contributed by atoms with van der Waals surface area (Å²) in [5.41, 5.74) is 6.60. The largest absolute Gasteiger partial charge is 0.545 e. The molecule has 1 rings (SSSR count). The van der Waals surface area contributed by atoms with Crippen molar-refractivity contribution in [1.82, 2.24) is 0 Å². The Balaban J connectivity index is 3.31. The fraction of sp³-hybridized carbons (Fsp3) is 0.125. The van der Waals surface area contributed by atoms with E-state index in [1.165, 1.54) is 12.1 Å². The van der Waals surface area contributed by atoms with Crippen LogP contribution in [0.1, 0.15) is 15.9 Å². The van der Waals surface area contributed by atoms with Gasteiger partial charge in [-0.05, 0) is 30.2 Å². The van der Waals surface area contributed by atoms with Crippen molar-refractivity contribution in [1.29, 1.82) is 0 Å². The highest BCUT2D eigenvalue weighted by molar-refractivity contribution is 6.33. The van der Waals surface area contributed by atoms with Crippen molar-refractivity contribution in [2.24, 2.45) is 0 Å². The van der Waals surface area contributed by atoms with Crippen LogP contribution < -0.4 is 10.8 Å². The van der Waals surface area contributed by atoms with Crippen LogP contribution in [0.5, 0.6) is 0 Å². The number of hydrogen-bond acceptors (Lipinski definition) is 3. The quantitative estimate of drug-likeness (QED) is 0.650. The van der Waals surface area contributed by atoms with Crippen LogP contribution in [0.2, 0.25) is 5.02 Å². The minimum Gasteiger partial charge on any atom is -0.545 e. The number of benzene rings is 1. The molecule has 0 saturated carbocycles. The molecule has 3 nitrogen and oxygen atoms in total. The van der Waals surface area contributed by atoms with Crippen LogP contribution >= 0.6 is 11.6 Å². The first-order valence-corrected chi connectivity index (χ1v) is 3.67. The molecule has 1 aromatic carbocycles. The van der Waals surface area contributed by atoms with Gasteiger partial charge in [-0.25, -0.2) is 0 Å². The number of anilines is 1. The Morgan fingerprint density at radius 2 is 2.17 bits per heavy atom. The maximum absolute atomic E-state index is 10.4. The van der Waals surface area contributed by atoms with E-state index >= 15 is 0 Å². The summed E-state index contributed by atoms with van der Waals surface area (Å²) in [5.74, 6) is -1.25. The number of carbonyl (C=O) groups excluding carboxylic acids is 1. The van der Waals surface area contributed by atoms with Gasteiger partial charge in [0.2, 0.25) is 0 Å². The second-order valence-corrected chi connectivity index (χ2v) is 2.88. The predicted molar refractivity (Wildman–Crippen MR) is 44.9 cm³/mol. The van der Waals surface area contributed by atoms with Crippen molar-refractivity contribution in [3.05, 3.63) is 28.3 Å². The lowest BCUT2D eigenvalue weighted by Gasteiger charge is -2.07. The fourth-order valence-electron chi connectivity index (χ4n) is 0.873. The van der Waals surface area contributed by atoms with Crippen molar-refractivity contribution < 1.29 is 9.90 Å². The summed E-state index contributed by atoms with van der Waals surface area (Å²) in [6.07, 6.45) is 0. The summed E-state index contributed by atoms with van der Waals surface area (Å²) in [5, 5.41) is 10.7. The van der Waals surface area contributed by atoms with Gasteiger partial charge in [0.15, 0.2) is 0 Å². The summed E-state index contributed by atoms with van der Waals surface area (Å²) in [6.45, 7) is 1.69. The Kier molecular flexibility index (Phi) is 2.24. The first kappa shape index (κ1) is 8.87. The van der Waals surface area contributed by atoms with Crippen molar-refractivity contribution in [3.8, 4) is 0 Å². The molecule has 0 aliphatic rings. The summed E-state index contributed by atoms with van der Waals surface area (Å²) in [7, 11) is 0. The molecule has 0 atom stereocenters. The second-order valence-electron chi connectivity index (χ2n) is 2.48. The van der Waals surface area contributed by atoms with E-state index in [-0.39, 0.29) is 10.6 Å². The fourth-order valence-corrected chi connectivity index (χ4v) is 1.14. The third-order valence-electron chi connectivity index (χ3n) is 1.57. The number of carbonyl (C=O) groups is 1. The van der Waals surface area contributed by atoms with E-state index in [2.05, 4.69) is 0 Å². The Labute approximate surface area is 74.8 Å². The van der Waals surface area contributed by atoms with E-state index in [4.69, 9.17) is 17.3 Å². The molecule has 1 aromatic rings. The highest BCUT2D eigenvalue weighted by Gasteiger charge is 2.02. The Bertz CT molecular complexity index is 313. The van der Waals surface area contributed by atoms with Crippen molar-refractivity contribution in [2.45, 2.75) is 6.92 Å². The topological polar surface area (TPSA) is 66.1 Å². The number of aromatic carboxylic acids is 1. The van der Waals surface area contributed by atoms with Crippen LogP contribution in [0.25, 0.3) is 0 Å². The normalized spacial score (nSPS) is 9.83. The van der Waals surface area contributed by atoms with Crippen LogP contribution in [0, 0.1) is 6.92 Å². The van der Waals surface area contributed by atoms with E-state index in [1.807, 2.05) is 0 Å². The third kappa shape index (κ3) is 1.51. The minimum atomic E-state index is -1.25. The lowest BCUT2D eigenvalue weighted by atomic mass is 10.1. The summed E-state index contributed by atoms with van der Waals surface area (Å²) in [6, 6.07) is 2.70. The Morgan fingerprint density at radius 1 is 1.58 bits per heavy atom. The standard InChI is InChI=1S/C8H8ClNO2/c1-4-2-5(8(11)12)3-6(9)7(4)10/h2-3H,10H2,1H3,(H,11,12)/p-1. The minimum absolute atomic E-state index is 0.0479. The molecular weight excluding hydrogens is 178 g/mol. The zero-order valence-corrected chi connectivity index (χ0v) is 7.18. The third-order valence-corrected chi connectivity index (χ3v) is 1.88. The lowest BCUT2D eigenvalue weighted by Crippen LogP contribution is -2.22. The number of carboxylic acid groups (broad SMARTS) is 1. The summed E-state index contributed by atoms with van der Waals surface area (Å²) in [4.78, 5) is 10.4. The van der Waals surface area contributed by atoms with E-state index < -0.39 is 5.97 Å². The van der Waals surface area contributed by atoms with Crippen LogP contribution in [-0.4, -0.2) is 5.97 Å². The molecule has 0 unspecified atom stereocenters. The predicted octanol–water partition coefficient (Wildman–Crippen LogP) is 0.594. The molecule has 64 valence electrons. The monoisotopic (exact) mass is 184 g/mol. The average molecular weight is 185 g/mol. The SMILES string of the molecule is Cc1cc(C(=O)[O-])cc(Cl)c1N. The van der Waals surface area contributed by atoms with Gasteiger partial charge in [0.05, 0.1) is 16.7 Å². The van der Waals surface area contributed by atoms with Gasteiger partial charge in [-0.2, -0.15) is 0 Å². The van der Waals surface area contributed by atoms with Crippen LogP contribution in [0.3, 0.4) is 0 Å². The van der Waals surface area contributed by atoms with Gasteiger partial charge in [-0.3, -0.25) is 0 Å². The van der Waals surface area contributed by atoms with Gasteiger partial charge in [0.1, 0.15) is 0 Å².